The molecule has 1 amide bonds. The lowest BCUT2D eigenvalue weighted by molar-refractivity contribution is 0.0653. The SMILES string of the molecule is C[C@H]1C[C@H]2N(C)C(=O)c3c(O)c(=O)c(C(=O)CCc4ccc(F)cc4F)cn3N2C1. The van der Waals surface area contributed by atoms with E-state index in [4.69, 9.17) is 0 Å². The minimum atomic E-state index is -0.932. The van der Waals surface area contributed by atoms with Crippen LogP contribution in [0.1, 0.15) is 46.2 Å². The standard InChI is InChI=1S/C21H21F2N3O4/c1-11-7-17-24(2)21(30)18-20(29)19(28)14(10-26(18)25(17)9-11)16(27)6-4-12-3-5-13(22)8-15(12)23/h3,5,8,10-11,17,29H,4,6-7,9H2,1-2H3/t11-,17-/m0/s1. The molecule has 1 fully saturated rings. The minimum absolute atomic E-state index is 0.0298. The molecule has 3 heterocycles. The van der Waals surface area contributed by atoms with Crippen molar-refractivity contribution in [3.63, 3.8) is 0 Å². The van der Waals surface area contributed by atoms with Crippen molar-refractivity contribution in [2.75, 3.05) is 18.6 Å². The lowest BCUT2D eigenvalue weighted by atomic mass is 10.0. The number of carbonyl (C=O) groups excluding carboxylic acids is 2. The van der Waals surface area contributed by atoms with E-state index in [9.17, 15) is 28.3 Å². The summed E-state index contributed by atoms with van der Waals surface area (Å²) in [6.07, 6.45) is 1.54. The van der Waals surface area contributed by atoms with Crippen LogP contribution in [0.15, 0.2) is 29.2 Å². The van der Waals surface area contributed by atoms with Crippen LogP contribution in [0.5, 0.6) is 5.75 Å². The van der Waals surface area contributed by atoms with Crippen LogP contribution in [0.2, 0.25) is 0 Å². The van der Waals surface area contributed by atoms with Gasteiger partial charge < -0.3 is 10.0 Å². The number of halogens is 2. The molecule has 0 radical (unpaired) electrons. The second-order valence-electron chi connectivity index (χ2n) is 7.93. The van der Waals surface area contributed by atoms with E-state index in [1.165, 1.54) is 21.8 Å². The summed E-state index contributed by atoms with van der Waals surface area (Å²) >= 11 is 0. The maximum Gasteiger partial charge on any atom is 0.277 e. The smallest absolute Gasteiger partial charge is 0.277 e. The van der Waals surface area contributed by atoms with Gasteiger partial charge in [-0.3, -0.25) is 24.1 Å². The molecule has 0 spiro atoms. The monoisotopic (exact) mass is 417 g/mol. The lowest BCUT2D eigenvalue weighted by Crippen LogP contribution is -2.57. The van der Waals surface area contributed by atoms with Crippen LogP contribution < -0.4 is 10.4 Å². The van der Waals surface area contributed by atoms with Gasteiger partial charge in [-0.1, -0.05) is 13.0 Å². The average molecular weight is 417 g/mol. The molecular formula is C21H21F2N3O4. The van der Waals surface area contributed by atoms with Gasteiger partial charge in [0.15, 0.2) is 17.2 Å². The molecule has 1 aromatic heterocycles. The third-order valence-corrected chi connectivity index (χ3v) is 5.80. The molecule has 7 nitrogen and oxygen atoms in total. The largest absolute Gasteiger partial charge is 0.502 e. The van der Waals surface area contributed by atoms with Gasteiger partial charge in [-0.15, -0.1) is 0 Å². The number of aromatic nitrogens is 1. The van der Waals surface area contributed by atoms with Crippen LogP contribution in [0.3, 0.4) is 0 Å². The Morgan fingerprint density at radius 2 is 2.00 bits per heavy atom. The van der Waals surface area contributed by atoms with Crippen molar-refractivity contribution in [1.29, 1.82) is 0 Å². The van der Waals surface area contributed by atoms with Gasteiger partial charge in [-0.25, -0.2) is 8.78 Å². The topological polar surface area (TPSA) is 82.9 Å². The summed E-state index contributed by atoms with van der Waals surface area (Å²) in [6.45, 7) is 2.62. The van der Waals surface area contributed by atoms with E-state index in [0.29, 0.717) is 6.54 Å². The summed E-state index contributed by atoms with van der Waals surface area (Å²) in [5, 5.41) is 12.3. The molecule has 30 heavy (non-hydrogen) atoms. The van der Waals surface area contributed by atoms with Gasteiger partial charge in [0.25, 0.3) is 5.91 Å². The first-order chi connectivity index (χ1) is 14.2. The summed E-state index contributed by atoms with van der Waals surface area (Å²) in [6, 6.07) is 3.08. The van der Waals surface area contributed by atoms with Crippen molar-refractivity contribution in [3.05, 3.63) is 63.1 Å². The number of Topliss-reactive ketones (excluding diaryl/α,β-unsaturated/α-hetero) is 1. The zero-order valence-electron chi connectivity index (χ0n) is 16.6. The van der Waals surface area contributed by atoms with Gasteiger partial charge in [-0.2, -0.15) is 0 Å². The number of nitrogens with zero attached hydrogens (tertiary/aromatic N) is 3. The number of amides is 1. The molecule has 2 atom stereocenters. The molecule has 0 aliphatic carbocycles. The van der Waals surface area contributed by atoms with E-state index in [-0.39, 0.29) is 41.7 Å². The molecule has 1 saturated heterocycles. The number of fused-ring (bicyclic) bond motifs is 3. The van der Waals surface area contributed by atoms with Crippen LogP contribution in [-0.4, -0.2) is 46.1 Å². The number of benzene rings is 1. The number of hydrogen-bond donors (Lipinski definition) is 1. The number of hydrogen-bond acceptors (Lipinski definition) is 5. The number of ketones is 1. The fourth-order valence-electron chi connectivity index (χ4n) is 4.19. The van der Waals surface area contributed by atoms with Crippen molar-refractivity contribution >= 4 is 11.7 Å². The molecule has 0 unspecified atom stereocenters. The summed E-state index contributed by atoms with van der Waals surface area (Å²) in [5.74, 6) is -3.07. The fourth-order valence-corrected chi connectivity index (χ4v) is 4.19. The van der Waals surface area contributed by atoms with Crippen LogP contribution in [0.4, 0.5) is 8.78 Å². The number of aromatic hydroxyl groups is 1. The van der Waals surface area contributed by atoms with Crippen molar-refractivity contribution < 1.29 is 23.5 Å². The van der Waals surface area contributed by atoms with Gasteiger partial charge in [0.1, 0.15) is 17.8 Å². The molecule has 0 bridgehead atoms. The summed E-state index contributed by atoms with van der Waals surface area (Å²) in [4.78, 5) is 39.5. The normalized spacial score (nSPS) is 20.3. The maximum atomic E-state index is 13.8. The second-order valence-corrected chi connectivity index (χ2v) is 7.93. The Hall–Kier alpha value is -3.23. The van der Waals surface area contributed by atoms with Gasteiger partial charge in [0.05, 0.1) is 5.56 Å². The molecule has 2 aliphatic rings. The van der Waals surface area contributed by atoms with Crippen LogP contribution in [0, 0.1) is 17.6 Å². The first-order valence-corrected chi connectivity index (χ1v) is 9.69. The lowest BCUT2D eigenvalue weighted by Gasteiger charge is -2.41. The molecule has 1 N–H and O–H groups in total. The third kappa shape index (κ3) is 3.14. The molecular weight excluding hydrogens is 396 g/mol. The highest BCUT2D eigenvalue weighted by atomic mass is 19.1. The Bertz CT molecular complexity index is 1110. The van der Waals surface area contributed by atoms with Gasteiger partial charge >= 0.3 is 0 Å². The number of aryl methyl sites for hydroxylation is 1. The zero-order chi connectivity index (χ0) is 21.7. The summed E-state index contributed by atoms with van der Waals surface area (Å²) in [5.41, 5.74) is -1.22. The van der Waals surface area contributed by atoms with Crippen molar-refractivity contribution in [1.82, 2.24) is 9.58 Å². The molecule has 2 aliphatic heterocycles. The number of pyridine rings is 1. The van der Waals surface area contributed by atoms with Crippen LogP contribution >= 0.6 is 0 Å². The molecule has 9 heteroatoms. The van der Waals surface area contributed by atoms with Gasteiger partial charge in [0.2, 0.25) is 5.43 Å². The first kappa shape index (κ1) is 20.1. The predicted octanol–water partition coefficient (Wildman–Crippen LogP) is 2.04. The first-order valence-electron chi connectivity index (χ1n) is 9.69. The third-order valence-electron chi connectivity index (χ3n) is 5.80. The minimum Gasteiger partial charge on any atom is -0.502 e. The van der Waals surface area contributed by atoms with Crippen molar-refractivity contribution in [2.24, 2.45) is 5.92 Å². The average Bonchev–Trinajstić information content (AvgIpc) is 3.09. The van der Waals surface area contributed by atoms with Crippen LogP contribution in [-0.2, 0) is 6.42 Å². The quantitative estimate of drug-likeness (QED) is 0.770. The Morgan fingerprint density at radius 3 is 2.70 bits per heavy atom. The highest BCUT2D eigenvalue weighted by molar-refractivity contribution is 6.00. The highest BCUT2D eigenvalue weighted by Gasteiger charge is 2.43. The van der Waals surface area contributed by atoms with E-state index in [0.717, 1.165) is 18.6 Å². The summed E-state index contributed by atoms with van der Waals surface area (Å²) in [7, 11) is 1.61. The van der Waals surface area contributed by atoms with E-state index in [2.05, 4.69) is 0 Å². The number of carbonyl (C=O) groups is 2. The molecule has 4 rings (SSSR count). The zero-order valence-corrected chi connectivity index (χ0v) is 16.6. The highest BCUT2D eigenvalue weighted by Crippen LogP contribution is 2.31. The van der Waals surface area contributed by atoms with E-state index in [1.807, 2.05) is 11.9 Å². The van der Waals surface area contributed by atoms with E-state index >= 15 is 0 Å². The van der Waals surface area contributed by atoms with E-state index < -0.39 is 34.5 Å². The molecule has 158 valence electrons. The molecule has 0 saturated carbocycles. The Balaban J connectivity index is 1.68. The molecule has 1 aromatic carbocycles. The van der Waals surface area contributed by atoms with Crippen molar-refractivity contribution in [3.8, 4) is 5.75 Å². The predicted molar refractivity (Wildman–Crippen MR) is 104 cm³/mol. The second kappa shape index (κ2) is 7.23. The Morgan fingerprint density at radius 1 is 1.27 bits per heavy atom. The number of rotatable bonds is 4. The van der Waals surface area contributed by atoms with Gasteiger partial charge in [0, 0.05) is 32.3 Å². The fraction of sp³-hybridized carbons (Fsp3) is 0.381. The Kier molecular flexibility index (Phi) is 4.83. The molecule has 2 aromatic rings. The van der Waals surface area contributed by atoms with Gasteiger partial charge in [-0.05, 0) is 30.4 Å². The Labute approximate surface area is 171 Å². The van der Waals surface area contributed by atoms with Crippen molar-refractivity contribution in [2.45, 2.75) is 32.4 Å². The maximum absolute atomic E-state index is 13.8. The van der Waals surface area contributed by atoms with E-state index in [1.54, 1.807) is 7.05 Å². The summed E-state index contributed by atoms with van der Waals surface area (Å²) < 4.78 is 28.3. The van der Waals surface area contributed by atoms with Crippen LogP contribution in [0.25, 0.3) is 0 Å².